The van der Waals surface area contributed by atoms with E-state index in [0.29, 0.717) is 24.9 Å². The van der Waals surface area contributed by atoms with E-state index in [-0.39, 0.29) is 52.1 Å². The molecule has 1 aliphatic rings. The van der Waals surface area contributed by atoms with Gasteiger partial charge >= 0.3 is 0 Å². The molecule has 1 aromatic heterocycles. The Labute approximate surface area is 234 Å². The highest BCUT2D eigenvalue weighted by Gasteiger charge is 2.28. The van der Waals surface area contributed by atoms with Crippen molar-refractivity contribution in [2.24, 2.45) is 0 Å². The molecule has 0 spiro atoms. The second kappa shape index (κ2) is 12.9. The zero-order chi connectivity index (χ0) is 28.8. The Kier molecular flexibility index (Phi) is 9.33. The predicted octanol–water partition coefficient (Wildman–Crippen LogP) is 4.17. The number of alkyl halides is 1. The van der Waals surface area contributed by atoms with Gasteiger partial charge in [0.15, 0.2) is 0 Å². The van der Waals surface area contributed by atoms with E-state index in [1.807, 2.05) is 13.0 Å². The number of nitrogens with one attached hydrogen (secondary N) is 4. The van der Waals surface area contributed by atoms with Crippen molar-refractivity contribution in [3.8, 4) is 17.4 Å². The molecule has 0 unspecified atom stereocenters. The normalized spacial score (nSPS) is 16.6. The third kappa shape index (κ3) is 6.40. The minimum Gasteiger partial charge on any atom is -0.495 e. The first-order valence-electron chi connectivity index (χ1n) is 12.6. The van der Waals surface area contributed by atoms with E-state index in [9.17, 15) is 14.0 Å². The summed E-state index contributed by atoms with van der Waals surface area (Å²) in [6.07, 6.45) is 0.984. The van der Waals surface area contributed by atoms with Gasteiger partial charge in [0.1, 0.15) is 28.5 Å². The van der Waals surface area contributed by atoms with Crippen molar-refractivity contribution >= 4 is 35.1 Å². The highest BCUT2D eigenvalue weighted by Crippen LogP contribution is 2.34. The average Bonchev–Trinajstić information content (AvgIpc) is 2.95. The van der Waals surface area contributed by atoms with Gasteiger partial charge in [0.25, 0.3) is 11.8 Å². The number of methoxy groups -OCH3 is 1. The quantitative estimate of drug-likeness (QED) is 0.300. The molecule has 3 aromatic rings. The Bertz CT molecular complexity index is 1410. The largest absolute Gasteiger partial charge is 0.495 e. The van der Waals surface area contributed by atoms with Crippen molar-refractivity contribution in [1.29, 1.82) is 0 Å². The monoisotopic (exact) mass is 574 g/mol. The van der Waals surface area contributed by atoms with Crippen LogP contribution < -0.4 is 30.7 Å². The fraction of sp³-hybridized carbons (Fsp3) is 0.333. The number of ether oxygens (including phenoxy) is 2. The number of rotatable bonds is 9. The molecular weight excluding hydrogens is 546 g/mol. The van der Waals surface area contributed by atoms with E-state index in [0.717, 1.165) is 11.6 Å². The first-order valence-corrected chi connectivity index (χ1v) is 13.0. The van der Waals surface area contributed by atoms with Gasteiger partial charge in [-0.25, -0.2) is 13.8 Å². The maximum absolute atomic E-state index is 15.0. The minimum atomic E-state index is -1.28. The standard InChI is InChI=1S/C27H29ClF2N6O4/c1-4-14-6-5-7-21(23(14)25(38)31-2)40-26-16(28)12-33-27(36-26)35-20-11-17(29)15(10-22(20)39-3)24(37)34-19-8-9-32-13-18(19)30/h5-7,10-12,18-19,32H,4,8-9,13H2,1-3H3,(H,31,38)(H,34,37)(H,33,35,36)/t18-,19+/m1/s1. The Morgan fingerprint density at radius 2 is 2.02 bits per heavy atom. The number of halogens is 3. The molecule has 212 valence electrons. The number of aromatic nitrogens is 2. The molecule has 13 heteroatoms. The Hall–Kier alpha value is -4.03. The zero-order valence-electron chi connectivity index (χ0n) is 22.1. The van der Waals surface area contributed by atoms with Crippen molar-refractivity contribution < 1.29 is 27.8 Å². The van der Waals surface area contributed by atoms with E-state index in [1.54, 1.807) is 12.1 Å². The average molecular weight is 575 g/mol. The van der Waals surface area contributed by atoms with Crippen LogP contribution >= 0.6 is 11.6 Å². The number of nitrogens with zero attached hydrogens (tertiary/aromatic N) is 2. The highest BCUT2D eigenvalue weighted by atomic mass is 35.5. The number of anilines is 2. The van der Waals surface area contributed by atoms with Crippen LogP contribution in [0.4, 0.5) is 20.4 Å². The van der Waals surface area contributed by atoms with Crippen LogP contribution in [-0.2, 0) is 6.42 Å². The molecule has 10 nitrogen and oxygen atoms in total. The first kappa shape index (κ1) is 29.0. The third-order valence-electron chi connectivity index (χ3n) is 6.37. The van der Waals surface area contributed by atoms with E-state index >= 15 is 4.39 Å². The number of aryl methyl sites for hydroxylation is 1. The lowest BCUT2D eigenvalue weighted by Crippen LogP contribution is -2.51. The Morgan fingerprint density at radius 1 is 1.23 bits per heavy atom. The summed E-state index contributed by atoms with van der Waals surface area (Å²) in [6.45, 7) is 2.57. The van der Waals surface area contributed by atoms with Crippen LogP contribution in [0.5, 0.6) is 17.4 Å². The molecule has 40 heavy (non-hydrogen) atoms. The van der Waals surface area contributed by atoms with Gasteiger partial charge in [-0.1, -0.05) is 30.7 Å². The lowest BCUT2D eigenvalue weighted by atomic mass is 10.0. The number of carbonyl (C=O) groups excluding carboxylic acids is 2. The topological polar surface area (TPSA) is 126 Å². The van der Waals surface area contributed by atoms with Crippen LogP contribution in [0.2, 0.25) is 5.02 Å². The van der Waals surface area contributed by atoms with Gasteiger partial charge in [0.2, 0.25) is 11.8 Å². The summed E-state index contributed by atoms with van der Waals surface area (Å²) in [4.78, 5) is 33.6. The summed E-state index contributed by atoms with van der Waals surface area (Å²) in [7, 11) is 2.87. The molecule has 4 rings (SSSR count). The van der Waals surface area contributed by atoms with Gasteiger partial charge in [0.05, 0.1) is 36.2 Å². The Balaban J connectivity index is 1.59. The number of benzene rings is 2. The lowest BCUT2D eigenvalue weighted by Gasteiger charge is -2.27. The lowest BCUT2D eigenvalue weighted by molar-refractivity contribution is 0.0887. The smallest absolute Gasteiger partial charge is 0.255 e. The summed E-state index contributed by atoms with van der Waals surface area (Å²) in [5, 5.41) is 11.0. The number of carbonyl (C=O) groups is 2. The zero-order valence-corrected chi connectivity index (χ0v) is 22.9. The fourth-order valence-electron chi connectivity index (χ4n) is 4.27. The van der Waals surface area contributed by atoms with E-state index in [1.165, 1.54) is 26.4 Å². The van der Waals surface area contributed by atoms with E-state index in [2.05, 4.69) is 31.2 Å². The molecule has 2 amide bonds. The van der Waals surface area contributed by atoms with E-state index < -0.39 is 23.9 Å². The molecule has 4 N–H and O–H groups in total. The van der Waals surface area contributed by atoms with Gasteiger partial charge in [-0.3, -0.25) is 9.59 Å². The summed E-state index contributed by atoms with van der Waals surface area (Å²) in [6, 6.07) is 6.72. The van der Waals surface area contributed by atoms with Crippen molar-refractivity contribution in [3.63, 3.8) is 0 Å². The van der Waals surface area contributed by atoms with Crippen LogP contribution in [0, 0.1) is 5.82 Å². The third-order valence-corrected chi connectivity index (χ3v) is 6.63. The summed E-state index contributed by atoms with van der Waals surface area (Å²) >= 11 is 6.28. The van der Waals surface area contributed by atoms with Gasteiger partial charge in [-0.15, -0.1) is 0 Å². The van der Waals surface area contributed by atoms with Gasteiger partial charge < -0.3 is 30.7 Å². The molecule has 0 radical (unpaired) electrons. The second-order valence-corrected chi connectivity index (χ2v) is 9.32. The summed E-state index contributed by atoms with van der Waals surface area (Å²) in [5.41, 5.74) is 0.936. The van der Waals surface area contributed by atoms with Crippen molar-refractivity contribution in [2.45, 2.75) is 32.0 Å². The van der Waals surface area contributed by atoms with Crippen LogP contribution in [0.15, 0.2) is 36.5 Å². The SMILES string of the molecule is CCc1cccc(Oc2nc(Nc3cc(F)c(C(=O)N[C@H]4CCNC[C@H]4F)cc3OC)ncc2Cl)c1C(=O)NC. The van der Waals surface area contributed by atoms with Crippen LogP contribution in [0.3, 0.4) is 0 Å². The fourth-order valence-corrected chi connectivity index (χ4v) is 4.40. The van der Waals surface area contributed by atoms with E-state index in [4.69, 9.17) is 21.1 Å². The molecule has 2 aromatic carbocycles. The molecule has 0 aliphatic carbocycles. The molecule has 2 atom stereocenters. The number of piperidine rings is 1. The maximum atomic E-state index is 15.0. The van der Waals surface area contributed by atoms with Crippen LogP contribution in [0.1, 0.15) is 39.6 Å². The van der Waals surface area contributed by atoms with Crippen molar-refractivity contribution in [3.05, 3.63) is 64.1 Å². The van der Waals surface area contributed by atoms with Crippen LogP contribution in [-0.4, -0.2) is 61.2 Å². The highest BCUT2D eigenvalue weighted by molar-refractivity contribution is 6.31. The molecule has 1 saturated heterocycles. The first-order chi connectivity index (χ1) is 19.2. The molecule has 1 aliphatic heterocycles. The molecule has 0 bridgehead atoms. The Morgan fingerprint density at radius 3 is 2.73 bits per heavy atom. The van der Waals surface area contributed by atoms with Crippen LogP contribution in [0.25, 0.3) is 0 Å². The second-order valence-electron chi connectivity index (χ2n) is 8.92. The summed E-state index contributed by atoms with van der Waals surface area (Å²) in [5.74, 6) is -1.64. The predicted molar refractivity (Wildman–Crippen MR) is 146 cm³/mol. The van der Waals surface area contributed by atoms with Gasteiger partial charge in [-0.05, 0) is 37.1 Å². The number of amides is 2. The molecule has 1 fully saturated rings. The minimum absolute atomic E-state index is 0.0163. The molecular formula is C27H29ClF2N6O4. The van der Waals surface area contributed by atoms with Crippen molar-refractivity contribution in [2.75, 3.05) is 32.6 Å². The van der Waals surface area contributed by atoms with Gasteiger partial charge in [0, 0.05) is 19.7 Å². The number of hydrogen-bond donors (Lipinski definition) is 4. The molecule has 0 saturated carbocycles. The molecule has 2 heterocycles. The maximum Gasteiger partial charge on any atom is 0.255 e. The van der Waals surface area contributed by atoms with Crippen molar-refractivity contribution in [1.82, 2.24) is 25.9 Å². The van der Waals surface area contributed by atoms with Gasteiger partial charge in [-0.2, -0.15) is 4.98 Å². The summed E-state index contributed by atoms with van der Waals surface area (Å²) < 4.78 is 40.4. The number of hydrogen-bond acceptors (Lipinski definition) is 8.